The van der Waals surface area contributed by atoms with Gasteiger partial charge in [-0.2, -0.15) is 5.10 Å². The Labute approximate surface area is 181 Å². The molecule has 0 saturated carbocycles. The summed E-state index contributed by atoms with van der Waals surface area (Å²) in [6, 6.07) is 13.5. The smallest absolute Gasteiger partial charge is 0.244 e. The molecule has 0 fully saturated rings. The third-order valence-corrected chi connectivity index (χ3v) is 4.67. The van der Waals surface area contributed by atoms with Gasteiger partial charge in [0.1, 0.15) is 0 Å². The van der Waals surface area contributed by atoms with E-state index in [1.54, 1.807) is 36.2 Å². The summed E-state index contributed by atoms with van der Waals surface area (Å²) in [4.78, 5) is 12.1. The molecule has 30 heavy (non-hydrogen) atoms. The first-order valence-corrected chi connectivity index (χ1v) is 10.0. The Hall–Kier alpha value is -3.25. The van der Waals surface area contributed by atoms with Crippen LogP contribution in [0, 0.1) is 0 Å². The SMILES string of the molecule is CCOc1c(Cl)cc(/C=C/C(=O)NCCc2ccc(-n3cccn3)cc2)cc1OC. The first-order valence-electron chi connectivity index (χ1n) is 9.66. The van der Waals surface area contributed by atoms with Crippen LogP contribution in [-0.4, -0.2) is 35.9 Å². The van der Waals surface area contributed by atoms with Crippen molar-refractivity contribution in [1.82, 2.24) is 15.1 Å². The molecule has 2 aromatic carbocycles. The fourth-order valence-corrected chi connectivity index (χ4v) is 3.19. The molecular weight excluding hydrogens is 402 g/mol. The number of carbonyl (C=O) groups is 1. The molecule has 0 spiro atoms. The van der Waals surface area contributed by atoms with Gasteiger partial charge in [0.15, 0.2) is 11.5 Å². The molecule has 156 valence electrons. The van der Waals surface area contributed by atoms with Crippen molar-refractivity contribution in [3.63, 3.8) is 0 Å². The number of aromatic nitrogens is 2. The predicted molar refractivity (Wildman–Crippen MR) is 118 cm³/mol. The van der Waals surface area contributed by atoms with Gasteiger partial charge in [-0.1, -0.05) is 23.7 Å². The quantitative estimate of drug-likeness (QED) is 0.519. The topological polar surface area (TPSA) is 65.4 Å². The number of rotatable bonds is 9. The number of halogens is 1. The van der Waals surface area contributed by atoms with Crippen LogP contribution >= 0.6 is 11.6 Å². The lowest BCUT2D eigenvalue weighted by atomic mass is 10.1. The fraction of sp³-hybridized carbons (Fsp3) is 0.217. The van der Waals surface area contributed by atoms with E-state index in [0.29, 0.717) is 29.7 Å². The third kappa shape index (κ3) is 5.64. The Balaban J connectivity index is 1.52. The van der Waals surface area contributed by atoms with Crippen LogP contribution in [0.1, 0.15) is 18.1 Å². The number of nitrogens with one attached hydrogen (secondary N) is 1. The standard InChI is InChI=1S/C23H24ClN3O3/c1-3-30-23-20(24)15-18(16-21(23)29-2)7-10-22(28)25-13-11-17-5-8-19(9-6-17)27-14-4-12-26-27/h4-10,12,14-16H,3,11,13H2,1-2H3,(H,25,28)/b10-7+. The van der Waals surface area contributed by atoms with Crippen molar-refractivity contribution >= 4 is 23.6 Å². The number of nitrogens with zero attached hydrogens (tertiary/aromatic N) is 2. The second kappa shape index (κ2) is 10.5. The minimum atomic E-state index is -0.174. The summed E-state index contributed by atoms with van der Waals surface area (Å²) < 4.78 is 12.6. The van der Waals surface area contributed by atoms with Gasteiger partial charge in [-0.05, 0) is 60.9 Å². The van der Waals surface area contributed by atoms with E-state index < -0.39 is 0 Å². The van der Waals surface area contributed by atoms with Gasteiger partial charge in [0.25, 0.3) is 0 Å². The molecule has 0 aliphatic rings. The predicted octanol–water partition coefficient (Wildman–Crippen LogP) is 4.31. The molecule has 1 aromatic heterocycles. The van der Waals surface area contributed by atoms with E-state index in [-0.39, 0.29) is 5.91 Å². The average molecular weight is 426 g/mol. The molecule has 1 amide bonds. The first kappa shape index (κ1) is 21.5. The van der Waals surface area contributed by atoms with Gasteiger partial charge in [0.05, 0.1) is 24.4 Å². The molecule has 7 heteroatoms. The maximum absolute atomic E-state index is 12.1. The molecule has 0 bridgehead atoms. The highest BCUT2D eigenvalue weighted by molar-refractivity contribution is 6.32. The Kier molecular flexibility index (Phi) is 7.51. The lowest BCUT2D eigenvalue weighted by Crippen LogP contribution is -2.23. The minimum Gasteiger partial charge on any atom is -0.493 e. The summed E-state index contributed by atoms with van der Waals surface area (Å²) in [6.07, 6.45) is 7.55. The summed E-state index contributed by atoms with van der Waals surface area (Å²) in [5.41, 5.74) is 2.89. The van der Waals surface area contributed by atoms with E-state index in [0.717, 1.165) is 23.2 Å². The maximum Gasteiger partial charge on any atom is 0.244 e. The summed E-state index contributed by atoms with van der Waals surface area (Å²) in [5.74, 6) is 0.858. The van der Waals surface area contributed by atoms with Gasteiger partial charge >= 0.3 is 0 Å². The van der Waals surface area contributed by atoms with Crippen molar-refractivity contribution in [3.05, 3.63) is 77.1 Å². The number of benzene rings is 2. The number of carbonyl (C=O) groups excluding carboxylic acids is 1. The number of hydrogen-bond acceptors (Lipinski definition) is 4. The molecule has 1 heterocycles. The highest BCUT2D eigenvalue weighted by atomic mass is 35.5. The lowest BCUT2D eigenvalue weighted by molar-refractivity contribution is -0.116. The maximum atomic E-state index is 12.1. The number of amides is 1. The van der Waals surface area contributed by atoms with Crippen LogP contribution in [0.15, 0.2) is 60.9 Å². The zero-order valence-electron chi connectivity index (χ0n) is 17.0. The van der Waals surface area contributed by atoms with Gasteiger partial charge in [0, 0.05) is 25.0 Å². The molecule has 0 aliphatic heterocycles. The van der Waals surface area contributed by atoms with Gasteiger partial charge in [0.2, 0.25) is 5.91 Å². The summed E-state index contributed by atoms with van der Waals surface area (Å²) in [7, 11) is 1.55. The molecule has 0 atom stereocenters. The first-order chi connectivity index (χ1) is 14.6. The monoisotopic (exact) mass is 425 g/mol. The van der Waals surface area contributed by atoms with Crippen molar-refractivity contribution in [2.75, 3.05) is 20.3 Å². The van der Waals surface area contributed by atoms with Gasteiger partial charge in [-0.25, -0.2) is 4.68 Å². The van der Waals surface area contributed by atoms with E-state index in [4.69, 9.17) is 21.1 Å². The van der Waals surface area contributed by atoms with Crippen LogP contribution in [0.25, 0.3) is 11.8 Å². The molecule has 1 N–H and O–H groups in total. The zero-order chi connectivity index (χ0) is 21.3. The van der Waals surface area contributed by atoms with E-state index in [1.807, 2.05) is 43.5 Å². The molecule has 0 unspecified atom stereocenters. The average Bonchev–Trinajstić information content (AvgIpc) is 3.29. The molecule has 0 aliphatic carbocycles. The van der Waals surface area contributed by atoms with Crippen LogP contribution in [0.3, 0.4) is 0 Å². The minimum absolute atomic E-state index is 0.174. The highest BCUT2D eigenvalue weighted by Crippen LogP contribution is 2.36. The largest absolute Gasteiger partial charge is 0.493 e. The fourth-order valence-electron chi connectivity index (χ4n) is 2.92. The molecule has 0 radical (unpaired) electrons. The number of hydrogen-bond donors (Lipinski definition) is 1. The van der Waals surface area contributed by atoms with Crippen molar-refractivity contribution < 1.29 is 14.3 Å². The molecule has 3 aromatic rings. The number of methoxy groups -OCH3 is 1. The van der Waals surface area contributed by atoms with Crippen molar-refractivity contribution in [3.8, 4) is 17.2 Å². The van der Waals surface area contributed by atoms with Crippen LogP contribution in [-0.2, 0) is 11.2 Å². The van der Waals surface area contributed by atoms with Crippen LogP contribution in [0.4, 0.5) is 0 Å². The normalized spacial score (nSPS) is 10.9. The second-order valence-electron chi connectivity index (χ2n) is 6.46. The van der Waals surface area contributed by atoms with Gasteiger partial charge in [-0.3, -0.25) is 4.79 Å². The molecule has 6 nitrogen and oxygen atoms in total. The number of ether oxygens (including phenoxy) is 2. The second-order valence-corrected chi connectivity index (χ2v) is 6.87. The van der Waals surface area contributed by atoms with E-state index in [1.165, 1.54) is 6.08 Å². The van der Waals surface area contributed by atoms with Crippen LogP contribution in [0.2, 0.25) is 5.02 Å². The summed E-state index contributed by atoms with van der Waals surface area (Å²) in [6.45, 7) is 2.90. The summed E-state index contributed by atoms with van der Waals surface area (Å²) in [5, 5.41) is 7.53. The van der Waals surface area contributed by atoms with Gasteiger partial charge in [-0.15, -0.1) is 0 Å². The van der Waals surface area contributed by atoms with Crippen molar-refractivity contribution in [2.45, 2.75) is 13.3 Å². The van der Waals surface area contributed by atoms with Crippen LogP contribution in [0.5, 0.6) is 11.5 Å². The summed E-state index contributed by atoms with van der Waals surface area (Å²) >= 11 is 6.26. The Morgan fingerprint density at radius 3 is 2.73 bits per heavy atom. The molecular formula is C23H24ClN3O3. The van der Waals surface area contributed by atoms with Crippen molar-refractivity contribution in [2.24, 2.45) is 0 Å². The molecule has 3 rings (SSSR count). The van der Waals surface area contributed by atoms with Gasteiger partial charge < -0.3 is 14.8 Å². The van der Waals surface area contributed by atoms with E-state index in [9.17, 15) is 4.79 Å². The van der Waals surface area contributed by atoms with E-state index >= 15 is 0 Å². The van der Waals surface area contributed by atoms with Crippen LogP contribution < -0.4 is 14.8 Å². The Morgan fingerprint density at radius 1 is 1.27 bits per heavy atom. The Morgan fingerprint density at radius 2 is 2.07 bits per heavy atom. The van der Waals surface area contributed by atoms with E-state index in [2.05, 4.69) is 10.4 Å². The van der Waals surface area contributed by atoms with Crippen molar-refractivity contribution in [1.29, 1.82) is 0 Å². The highest BCUT2D eigenvalue weighted by Gasteiger charge is 2.10. The molecule has 0 saturated heterocycles. The zero-order valence-corrected chi connectivity index (χ0v) is 17.7. The lowest BCUT2D eigenvalue weighted by Gasteiger charge is -2.11. The third-order valence-electron chi connectivity index (χ3n) is 4.39. The Bertz CT molecular complexity index is 999.